The highest BCUT2D eigenvalue weighted by atomic mass is 16.2. The lowest BCUT2D eigenvalue weighted by Crippen LogP contribution is -2.39. The van der Waals surface area contributed by atoms with Crippen LogP contribution in [0.4, 0.5) is 0 Å². The molecule has 0 aromatic carbocycles. The van der Waals surface area contributed by atoms with Crippen LogP contribution in [0.2, 0.25) is 0 Å². The van der Waals surface area contributed by atoms with Crippen molar-refractivity contribution in [2.75, 3.05) is 13.1 Å². The first-order valence-corrected chi connectivity index (χ1v) is 7.68. The molecule has 4 heterocycles. The highest BCUT2D eigenvalue weighted by Gasteiger charge is 2.26. The third kappa shape index (κ3) is 2.54. The van der Waals surface area contributed by atoms with Crippen LogP contribution in [0.25, 0.3) is 11.2 Å². The van der Waals surface area contributed by atoms with Gasteiger partial charge in [0.1, 0.15) is 5.52 Å². The Morgan fingerprint density at radius 2 is 1.87 bits per heavy atom. The van der Waals surface area contributed by atoms with E-state index in [2.05, 4.69) is 20.3 Å². The van der Waals surface area contributed by atoms with E-state index in [1.807, 2.05) is 21.7 Å². The summed E-state index contributed by atoms with van der Waals surface area (Å²) in [5.41, 5.74) is 2.31. The average Bonchev–Trinajstić information content (AvgIpc) is 3.06. The van der Waals surface area contributed by atoms with E-state index in [4.69, 9.17) is 0 Å². The standard InChI is InChI=1S/C16H16N6O/c23-16(12-3-8-17-9-4-12)21-10-5-13(6-11-21)22-15-14(19-20-22)2-1-7-18-15/h1-4,7-9,13H,5-6,10-11H2. The van der Waals surface area contributed by atoms with Crippen molar-refractivity contribution in [3.05, 3.63) is 48.4 Å². The SMILES string of the molecule is O=C(c1ccncc1)N1CCC(n2nnc3cccnc32)CC1. The van der Waals surface area contributed by atoms with Crippen molar-refractivity contribution in [3.8, 4) is 0 Å². The number of fused-ring (bicyclic) bond motifs is 1. The van der Waals surface area contributed by atoms with E-state index in [9.17, 15) is 4.79 Å². The van der Waals surface area contributed by atoms with Crippen LogP contribution in [0.3, 0.4) is 0 Å². The van der Waals surface area contributed by atoms with Gasteiger partial charge < -0.3 is 4.90 Å². The first kappa shape index (κ1) is 13.8. The van der Waals surface area contributed by atoms with E-state index in [1.54, 1.807) is 30.7 Å². The molecule has 1 aliphatic rings. The Morgan fingerprint density at radius 1 is 1.09 bits per heavy atom. The Kier molecular flexibility index (Phi) is 3.45. The highest BCUT2D eigenvalue weighted by molar-refractivity contribution is 5.94. The van der Waals surface area contributed by atoms with Gasteiger partial charge >= 0.3 is 0 Å². The van der Waals surface area contributed by atoms with Gasteiger partial charge in [0.2, 0.25) is 0 Å². The number of carbonyl (C=O) groups excluding carboxylic acids is 1. The van der Waals surface area contributed by atoms with Crippen molar-refractivity contribution in [1.29, 1.82) is 0 Å². The Bertz CT molecular complexity index is 823. The molecule has 0 aliphatic carbocycles. The van der Waals surface area contributed by atoms with Gasteiger partial charge in [0.05, 0.1) is 6.04 Å². The summed E-state index contributed by atoms with van der Waals surface area (Å²) in [6, 6.07) is 7.51. The predicted octanol–water partition coefficient (Wildman–Crippen LogP) is 1.70. The van der Waals surface area contributed by atoms with Crippen LogP contribution in [-0.2, 0) is 0 Å². The maximum absolute atomic E-state index is 12.5. The molecule has 116 valence electrons. The summed E-state index contributed by atoms with van der Waals surface area (Å²) < 4.78 is 1.89. The average molecular weight is 308 g/mol. The minimum absolute atomic E-state index is 0.0624. The van der Waals surface area contributed by atoms with Gasteiger partial charge in [-0.2, -0.15) is 0 Å². The lowest BCUT2D eigenvalue weighted by atomic mass is 10.0. The maximum Gasteiger partial charge on any atom is 0.253 e. The molecule has 7 heteroatoms. The summed E-state index contributed by atoms with van der Waals surface area (Å²) in [5, 5.41) is 8.40. The molecule has 23 heavy (non-hydrogen) atoms. The molecular weight excluding hydrogens is 292 g/mol. The van der Waals surface area contributed by atoms with Gasteiger partial charge in [0, 0.05) is 37.2 Å². The largest absolute Gasteiger partial charge is 0.338 e. The minimum atomic E-state index is 0.0624. The van der Waals surface area contributed by atoms with E-state index in [0.717, 1.165) is 24.0 Å². The first-order valence-electron chi connectivity index (χ1n) is 7.68. The van der Waals surface area contributed by atoms with Crippen molar-refractivity contribution in [2.45, 2.75) is 18.9 Å². The van der Waals surface area contributed by atoms with Crippen molar-refractivity contribution in [2.24, 2.45) is 0 Å². The van der Waals surface area contributed by atoms with Crippen LogP contribution in [0, 0.1) is 0 Å². The van der Waals surface area contributed by atoms with Crippen LogP contribution < -0.4 is 0 Å². The molecule has 0 radical (unpaired) electrons. The molecule has 7 nitrogen and oxygen atoms in total. The number of hydrogen-bond acceptors (Lipinski definition) is 5. The van der Waals surface area contributed by atoms with Crippen LogP contribution in [-0.4, -0.2) is 48.9 Å². The number of carbonyl (C=O) groups is 1. The summed E-state index contributed by atoms with van der Waals surface area (Å²) in [6.07, 6.45) is 6.75. The Morgan fingerprint density at radius 3 is 2.65 bits per heavy atom. The Labute approximate surface area is 133 Å². The number of hydrogen-bond donors (Lipinski definition) is 0. The molecule has 1 saturated heterocycles. The van der Waals surface area contributed by atoms with Gasteiger partial charge in [-0.3, -0.25) is 9.78 Å². The zero-order chi connectivity index (χ0) is 15.6. The summed E-state index contributed by atoms with van der Waals surface area (Å²) in [7, 11) is 0. The molecule has 4 rings (SSSR count). The number of piperidine rings is 1. The van der Waals surface area contributed by atoms with Gasteiger partial charge in [-0.05, 0) is 37.1 Å². The van der Waals surface area contributed by atoms with Crippen LogP contribution >= 0.6 is 0 Å². The fourth-order valence-corrected chi connectivity index (χ4v) is 3.02. The number of nitrogens with zero attached hydrogens (tertiary/aromatic N) is 6. The Balaban J connectivity index is 1.48. The lowest BCUT2D eigenvalue weighted by molar-refractivity contribution is 0.0690. The molecule has 0 unspecified atom stereocenters. The van der Waals surface area contributed by atoms with Crippen molar-refractivity contribution < 1.29 is 4.79 Å². The number of rotatable bonds is 2. The van der Waals surface area contributed by atoms with E-state index in [-0.39, 0.29) is 11.9 Å². The fourth-order valence-electron chi connectivity index (χ4n) is 3.02. The van der Waals surface area contributed by atoms with Gasteiger partial charge in [0.25, 0.3) is 5.91 Å². The molecule has 1 aliphatic heterocycles. The van der Waals surface area contributed by atoms with Crippen molar-refractivity contribution >= 4 is 17.1 Å². The topological polar surface area (TPSA) is 76.8 Å². The lowest BCUT2D eigenvalue weighted by Gasteiger charge is -2.31. The second-order valence-corrected chi connectivity index (χ2v) is 5.64. The zero-order valence-corrected chi connectivity index (χ0v) is 12.5. The summed E-state index contributed by atoms with van der Waals surface area (Å²) in [5.74, 6) is 0.0624. The maximum atomic E-state index is 12.5. The molecule has 1 fully saturated rings. The molecule has 1 amide bonds. The third-order valence-corrected chi connectivity index (χ3v) is 4.26. The summed E-state index contributed by atoms with van der Waals surface area (Å²) in [4.78, 5) is 22.7. The molecule has 3 aromatic rings. The summed E-state index contributed by atoms with van der Waals surface area (Å²) in [6.45, 7) is 1.42. The van der Waals surface area contributed by atoms with Crippen molar-refractivity contribution in [1.82, 2.24) is 29.9 Å². The van der Waals surface area contributed by atoms with E-state index in [1.165, 1.54) is 0 Å². The Hall–Kier alpha value is -2.83. The highest BCUT2D eigenvalue weighted by Crippen LogP contribution is 2.25. The second-order valence-electron chi connectivity index (χ2n) is 5.64. The van der Waals surface area contributed by atoms with Crippen LogP contribution in [0.1, 0.15) is 29.2 Å². The van der Waals surface area contributed by atoms with E-state index in [0.29, 0.717) is 18.7 Å². The molecule has 0 bridgehead atoms. The van der Waals surface area contributed by atoms with Crippen molar-refractivity contribution in [3.63, 3.8) is 0 Å². The second kappa shape index (κ2) is 5.75. The molecule has 3 aromatic heterocycles. The number of aromatic nitrogens is 5. The van der Waals surface area contributed by atoms with Gasteiger partial charge in [-0.15, -0.1) is 5.10 Å². The monoisotopic (exact) mass is 308 g/mol. The molecule has 0 atom stereocenters. The minimum Gasteiger partial charge on any atom is -0.338 e. The van der Waals surface area contributed by atoms with E-state index < -0.39 is 0 Å². The number of amides is 1. The molecule has 0 spiro atoms. The van der Waals surface area contributed by atoms with Gasteiger partial charge in [-0.1, -0.05) is 5.21 Å². The molecule has 0 saturated carbocycles. The van der Waals surface area contributed by atoms with Gasteiger partial charge in [-0.25, -0.2) is 9.67 Å². The van der Waals surface area contributed by atoms with E-state index >= 15 is 0 Å². The zero-order valence-electron chi connectivity index (χ0n) is 12.5. The fraction of sp³-hybridized carbons (Fsp3) is 0.312. The molecule has 0 N–H and O–H groups in total. The van der Waals surface area contributed by atoms with Crippen LogP contribution in [0.5, 0.6) is 0 Å². The molecular formula is C16H16N6O. The number of pyridine rings is 2. The third-order valence-electron chi connectivity index (χ3n) is 4.26. The smallest absolute Gasteiger partial charge is 0.253 e. The quantitative estimate of drug-likeness (QED) is 0.720. The van der Waals surface area contributed by atoms with Gasteiger partial charge in [0.15, 0.2) is 5.65 Å². The normalized spacial score (nSPS) is 15.9. The first-order chi connectivity index (χ1) is 11.3. The number of likely N-dealkylation sites (tertiary alicyclic amines) is 1. The summed E-state index contributed by atoms with van der Waals surface area (Å²) >= 11 is 0. The van der Waals surface area contributed by atoms with Crippen LogP contribution in [0.15, 0.2) is 42.9 Å². The predicted molar refractivity (Wildman–Crippen MR) is 83.7 cm³/mol.